The first kappa shape index (κ1) is 31.9. The number of nitrogens with zero attached hydrogens (tertiary/aromatic N) is 2. The number of anilines is 1. The molecule has 0 amide bonds. The van der Waals surface area contributed by atoms with Crippen LogP contribution < -0.4 is 4.90 Å². The van der Waals surface area contributed by atoms with Crippen LogP contribution in [0, 0.1) is 17.8 Å². The Labute approximate surface area is 309 Å². The van der Waals surface area contributed by atoms with Gasteiger partial charge in [0.15, 0.2) is 0 Å². The molecule has 4 aromatic carbocycles. The zero-order valence-electron chi connectivity index (χ0n) is 30.9. The van der Waals surface area contributed by atoms with E-state index in [1.54, 1.807) is 5.56 Å². The highest BCUT2D eigenvalue weighted by molar-refractivity contribution is 6.17. The van der Waals surface area contributed by atoms with Crippen LogP contribution in [0.5, 0.6) is 0 Å². The first-order valence-electron chi connectivity index (χ1n) is 19.9. The Kier molecular flexibility index (Phi) is 7.60. The standard InChI is InChI=1S/C50H50N2/c1-33-31-39(29-30-40(33)34-25-27-38(28-26-34)51(36-16-6-4-7-17-36)37-18-8-5-9-19-37)52-46-24-13-11-20-41(46)43-32-35-15-14-23-45-47(35)48(49(43)52)42-21-10-12-22-44(42)50(45,2)3/h4-11,13-18,20-21,23-27,29,32-33,37-38,40,42,44H,12,19,22,28,30-31H2,1-3H3/t33?,37?,38?,40?,42?,44-/m1/s1. The molecule has 260 valence electrons. The smallest absolute Gasteiger partial charge is 0.0582 e. The fourth-order valence-electron chi connectivity index (χ4n) is 11.0. The molecule has 0 bridgehead atoms. The van der Waals surface area contributed by atoms with Crippen LogP contribution in [0.3, 0.4) is 0 Å². The summed E-state index contributed by atoms with van der Waals surface area (Å²) in [4.78, 5) is 2.63. The van der Waals surface area contributed by atoms with E-state index >= 15 is 0 Å². The van der Waals surface area contributed by atoms with Crippen LogP contribution in [0.1, 0.15) is 76.3 Å². The van der Waals surface area contributed by atoms with Gasteiger partial charge in [0.05, 0.1) is 23.1 Å². The van der Waals surface area contributed by atoms with Crippen molar-refractivity contribution in [3.63, 3.8) is 0 Å². The van der Waals surface area contributed by atoms with Crippen LogP contribution in [-0.4, -0.2) is 16.7 Å². The molecule has 5 aliphatic rings. The number of para-hydroxylation sites is 2. The molecule has 10 rings (SSSR count). The van der Waals surface area contributed by atoms with Crippen molar-refractivity contribution in [3.8, 4) is 0 Å². The van der Waals surface area contributed by atoms with Gasteiger partial charge in [-0.15, -0.1) is 0 Å². The van der Waals surface area contributed by atoms with Gasteiger partial charge in [-0.1, -0.05) is 136 Å². The Hall–Kier alpha value is -4.82. The summed E-state index contributed by atoms with van der Waals surface area (Å²) in [6, 6.07) is 30.6. The molecule has 0 fully saturated rings. The number of allylic oxidation sites excluding steroid dienone is 8. The molecular weight excluding hydrogens is 629 g/mol. The predicted molar refractivity (Wildman–Crippen MR) is 222 cm³/mol. The van der Waals surface area contributed by atoms with E-state index in [4.69, 9.17) is 0 Å². The summed E-state index contributed by atoms with van der Waals surface area (Å²) in [5, 5.41) is 5.71. The third-order valence-electron chi connectivity index (χ3n) is 13.6. The zero-order valence-corrected chi connectivity index (χ0v) is 30.9. The van der Waals surface area contributed by atoms with E-state index in [0.29, 0.717) is 35.8 Å². The van der Waals surface area contributed by atoms with Gasteiger partial charge in [0, 0.05) is 28.1 Å². The van der Waals surface area contributed by atoms with Crippen molar-refractivity contribution < 1.29 is 0 Å². The van der Waals surface area contributed by atoms with Crippen molar-refractivity contribution in [1.29, 1.82) is 0 Å². The lowest BCUT2D eigenvalue weighted by molar-refractivity contribution is 0.262. The average molecular weight is 679 g/mol. The van der Waals surface area contributed by atoms with Gasteiger partial charge < -0.3 is 9.47 Å². The molecule has 2 heteroatoms. The third-order valence-corrected chi connectivity index (χ3v) is 13.6. The van der Waals surface area contributed by atoms with Crippen molar-refractivity contribution in [2.75, 3.05) is 4.90 Å². The Bertz CT molecular complexity index is 2390. The Morgan fingerprint density at radius 1 is 0.769 bits per heavy atom. The first-order chi connectivity index (χ1) is 25.5. The molecule has 52 heavy (non-hydrogen) atoms. The van der Waals surface area contributed by atoms with Crippen LogP contribution >= 0.6 is 0 Å². The molecule has 0 spiro atoms. The van der Waals surface area contributed by atoms with Crippen molar-refractivity contribution in [2.24, 2.45) is 17.8 Å². The van der Waals surface area contributed by atoms with Gasteiger partial charge in [-0.05, 0) is 113 Å². The lowest BCUT2D eigenvalue weighted by Gasteiger charge is -2.46. The second-order valence-electron chi connectivity index (χ2n) is 16.7. The normalized spacial score (nSPS) is 27.5. The zero-order chi connectivity index (χ0) is 35.0. The minimum absolute atomic E-state index is 0.140. The summed E-state index contributed by atoms with van der Waals surface area (Å²) < 4.78 is 2.71. The molecule has 0 aliphatic heterocycles. The van der Waals surface area contributed by atoms with Crippen LogP contribution in [0.2, 0.25) is 0 Å². The van der Waals surface area contributed by atoms with Crippen LogP contribution in [0.25, 0.3) is 38.3 Å². The molecule has 0 saturated heterocycles. The average Bonchev–Trinajstić information content (AvgIpc) is 3.51. The minimum atomic E-state index is 0.140. The molecule has 1 aromatic heterocycles. The predicted octanol–water partition coefficient (Wildman–Crippen LogP) is 12.8. The van der Waals surface area contributed by atoms with Gasteiger partial charge >= 0.3 is 0 Å². The van der Waals surface area contributed by atoms with Crippen LogP contribution in [-0.2, 0) is 5.41 Å². The minimum Gasteiger partial charge on any atom is -0.358 e. The van der Waals surface area contributed by atoms with Gasteiger partial charge in [-0.25, -0.2) is 0 Å². The topological polar surface area (TPSA) is 8.17 Å². The maximum absolute atomic E-state index is 2.71. The van der Waals surface area contributed by atoms with Gasteiger partial charge in [0.25, 0.3) is 0 Å². The van der Waals surface area contributed by atoms with Crippen LogP contribution in [0.4, 0.5) is 5.69 Å². The molecule has 5 unspecified atom stereocenters. The molecule has 0 saturated carbocycles. The molecule has 0 radical (unpaired) electrons. The fraction of sp³-hybridized carbons (Fsp3) is 0.320. The van der Waals surface area contributed by atoms with E-state index in [1.165, 1.54) is 67.9 Å². The molecule has 0 N–H and O–H groups in total. The second-order valence-corrected chi connectivity index (χ2v) is 16.7. The summed E-state index contributed by atoms with van der Waals surface area (Å²) in [5.41, 5.74) is 10.4. The van der Waals surface area contributed by atoms with Gasteiger partial charge in [-0.3, -0.25) is 0 Å². The summed E-state index contributed by atoms with van der Waals surface area (Å²) >= 11 is 0. The Balaban J connectivity index is 1.04. The molecule has 6 atom stereocenters. The molecule has 2 nitrogen and oxygen atoms in total. The quantitative estimate of drug-likeness (QED) is 0.168. The maximum Gasteiger partial charge on any atom is 0.0582 e. The Morgan fingerprint density at radius 3 is 2.42 bits per heavy atom. The summed E-state index contributed by atoms with van der Waals surface area (Å²) in [6.45, 7) is 7.52. The molecule has 1 heterocycles. The first-order valence-corrected chi connectivity index (χ1v) is 19.9. The molecule has 5 aromatic rings. The lowest BCUT2D eigenvalue weighted by Crippen LogP contribution is -2.42. The molecule has 5 aliphatic carbocycles. The van der Waals surface area contributed by atoms with E-state index < -0.39 is 0 Å². The highest BCUT2D eigenvalue weighted by atomic mass is 15.2. The van der Waals surface area contributed by atoms with Crippen molar-refractivity contribution in [3.05, 3.63) is 156 Å². The van der Waals surface area contributed by atoms with E-state index in [2.05, 4.69) is 170 Å². The fourth-order valence-corrected chi connectivity index (χ4v) is 11.0. The third kappa shape index (κ3) is 4.90. The van der Waals surface area contributed by atoms with Crippen LogP contribution in [0.15, 0.2) is 145 Å². The van der Waals surface area contributed by atoms with Crippen molar-refractivity contribution in [2.45, 2.75) is 82.7 Å². The van der Waals surface area contributed by atoms with Gasteiger partial charge in [-0.2, -0.15) is 0 Å². The van der Waals surface area contributed by atoms with Gasteiger partial charge in [0.2, 0.25) is 0 Å². The number of fused-ring (bicyclic) bond motifs is 6. The van der Waals surface area contributed by atoms with Gasteiger partial charge in [0.1, 0.15) is 0 Å². The van der Waals surface area contributed by atoms with E-state index in [9.17, 15) is 0 Å². The lowest BCUT2D eigenvalue weighted by atomic mass is 9.58. The number of rotatable bonds is 5. The largest absolute Gasteiger partial charge is 0.358 e. The van der Waals surface area contributed by atoms with E-state index in [0.717, 1.165) is 25.7 Å². The van der Waals surface area contributed by atoms with E-state index in [1.807, 2.05) is 0 Å². The van der Waals surface area contributed by atoms with Crippen molar-refractivity contribution in [1.82, 2.24) is 4.57 Å². The second kappa shape index (κ2) is 12.4. The monoisotopic (exact) mass is 678 g/mol. The number of hydrogen-bond donors (Lipinski definition) is 0. The highest BCUT2D eigenvalue weighted by Crippen LogP contribution is 2.56. The summed E-state index contributed by atoms with van der Waals surface area (Å²) in [5.74, 6) is 2.12. The Morgan fingerprint density at radius 2 is 1.62 bits per heavy atom. The summed E-state index contributed by atoms with van der Waals surface area (Å²) in [6.07, 6.45) is 31.0. The van der Waals surface area contributed by atoms with Crippen molar-refractivity contribution >= 4 is 44.0 Å². The number of hydrogen-bond acceptors (Lipinski definition) is 1. The SMILES string of the molecule is CC1CC(n2c3ccccc3c3cc4cccc5c4c(c32)C2C=CCC[C@H]2C5(C)C)=CCC1C1=CCC(N(c2ccccc2)C2C=CC=CC2)C=C1. The molecular formula is C50H50N2. The highest BCUT2D eigenvalue weighted by Gasteiger charge is 2.44. The number of aromatic nitrogens is 1. The summed E-state index contributed by atoms with van der Waals surface area (Å²) in [7, 11) is 0. The maximum atomic E-state index is 2.71. The number of benzene rings is 4. The van der Waals surface area contributed by atoms with E-state index in [-0.39, 0.29) is 5.41 Å².